The lowest BCUT2D eigenvalue weighted by Crippen LogP contribution is -2.51. The molecule has 0 amide bonds. The van der Waals surface area contributed by atoms with Gasteiger partial charge in [0.1, 0.15) is 19.0 Å². The van der Waals surface area contributed by atoms with E-state index >= 15 is 0 Å². The van der Waals surface area contributed by atoms with Gasteiger partial charge in [0, 0.05) is 21.3 Å². The Bertz CT molecular complexity index is 803. The number of rotatable bonds is 8. The number of benzene rings is 2. The first-order chi connectivity index (χ1) is 13.0. The van der Waals surface area contributed by atoms with Gasteiger partial charge in [0.25, 0.3) is 5.92 Å². The summed E-state index contributed by atoms with van der Waals surface area (Å²) >= 11 is 0. The van der Waals surface area contributed by atoms with Crippen molar-refractivity contribution in [2.75, 3.05) is 12.4 Å². The molecule has 0 radical (unpaired) electrons. The number of halogens is 2. The van der Waals surface area contributed by atoms with Crippen molar-refractivity contribution in [1.29, 1.82) is 0 Å². The third-order valence-corrected chi connectivity index (χ3v) is 7.03. The molecule has 2 aromatic carbocycles. The van der Waals surface area contributed by atoms with E-state index in [0.29, 0.717) is 12.4 Å². The molecule has 0 aliphatic carbocycles. The van der Waals surface area contributed by atoms with Crippen LogP contribution in [0.15, 0.2) is 54.6 Å². The lowest BCUT2D eigenvalue weighted by Gasteiger charge is -2.38. The summed E-state index contributed by atoms with van der Waals surface area (Å²) in [4.78, 5) is 0. The van der Waals surface area contributed by atoms with Crippen molar-refractivity contribution in [3.05, 3.63) is 65.7 Å². The van der Waals surface area contributed by atoms with Crippen molar-refractivity contribution in [1.82, 2.24) is 0 Å². The van der Waals surface area contributed by atoms with Crippen molar-refractivity contribution >= 4 is 10.8 Å². The Morgan fingerprint density at radius 3 is 2.21 bits per heavy atom. The maximum Gasteiger partial charge on any atom is 0.280 e. The maximum atomic E-state index is 14.8. The number of aliphatic hydroxyl groups is 1. The van der Waals surface area contributed by atoms with E-state index in [2.05, 4.69) is 0 Å². The monoisotopic (exact) mass is 410 g/mol. The molecule has 154 valence electrons. The third kappa shape index (κ3) is 5.17. The molecule has 6 heteroatoms. The molecule has 0 aliphatic heterocycles. The van der Waals surface area contributed by atoms with E-state index in [-0.39, 0.29) is 11.3 Å². The molecular weight excluding hydrogens is 382 g/mol. The van der Waals surface area contributed by atoms with Gasteiger partial charge in [-0.1, -0.05) is 42.5 Å². The van der Waals surface area contributed by atoms with Crippen LogP contribution in [0.3, 0.4) is 0 Å². The number of hydrogen-bond acceptors (Lipinski definition) is 3. The van der Waals surface area contributed by atoms with E-state index in [4.69, 9.17) is 4.74 Å². The molecule has 0 aromatic heterocycles. The Kier molecular flexibility index (Phi) is 6.99. The van der Waals surface area contributed by atoms with Crippen molar-refractivity contribution in [2.45, 2.75) is 50.4 Å². The molecule has 0 saturated heterocycles. The molecule has 2 rings (SSSR count). The molecule has 0 heterocycles. The van der Waals surface area contributed by atoms with Gasteiger partial charge in [-0.3, -0.25) is 4.21 Å². The van der Waals surface area contributed by atoms with Gasteiger partial charge < -0.3 is 9.84 Å². The summed E-state index contributed by atoms with van der Waals surface area (Å²) in [5, 5.41) is 9.35. The zero-order chi connectivity index (χ0) is 21.0. The van der Waals surface area contributed by atoms with Crippen LogP contribution in [0.25, 0.3) is 0 Å². The standard InChI is InChI=1S/C22H28F2O3S/c1-20(2,3)28(26)16-21(4,22(23,24)15-25)18-11-8-12-19(13-18)27-14-17-9-6-5-7-10-17/h5-13,25H,14-16H2,1-4H3/t21-,28+/m1/s1. The minimum Gasteiger partial charge on any atom is -0.489 e. The predicted molar refractivity (Wildman–Crippen MR) is 109 cm³/mol. The highest BCUT2D eigenvalue weighted by atomic mass is 32.2. The highest BCUT2D eigenvalue weighted by Crippen LogP contribution is 2.42. The minimum absolute atomic E-state index is 0.272. The third-order valence-electron chi connectivity index (χ3n) is 4.83. The maximum absolute atomic E-state index is 14.8. The Labute approximate surface area is 168 Å². The molecule has 0 aliphatic rings. The fraction of sp³-hybridized carbons (Fsp3) is 0.455. The Hall–Kier alpha value is -1.79. The van der Waals surface area contributed by atoms with Crippen LogP contribution in [0.1, 0.15) is 38.8 Å². The second-order valence-corrected chi connectivity index (χ2v) is 10.3. The van der Waals surface area contributed by atoms with Crippen LogP contribution in [-0.2, 0) is 22.8 Å². The first-order valence-corrected chi connectivity index (χ1v) is 10.5. The molecule has 0 saturated carbocycles. The van der Waals surface area contributed by atoms with Crippen molar-refractivity contribution in [2.24, 2.45) is 0 Å². The van der Waals surface area contributed by atoms with Gasteiger partial charge in [-0.05, 0) is 51.0 Å². The van der Waals surface area contributed by atoms with E-state index in [9.17, 15) is 18.1 Å². The quantitative estimate of drug-likeness (QED) is 0.686. The van der Waals surface area contributed by atoms with E-state index < -0.39 is 33.5 Å². The fourth-order valence-corrected chi connectivity index (χ4v) is 4.06. The lowest BCUT2D eigenvalue weighted by molar-refractivity contribution is -0.102. The van der Waals surface area contributed by atoms with E-state index in [1.807, 2.05) is 30.3 Å². The number of hydrogen-bond donors (Lipinski definition) is 1. The number of ether oxygens (including phenoxy) is 1. The van der Waals surface area contributed by atoms with Crippen LogP contribution in [0, 0.1) is 0 Å². The first kappa shape index (κ1) is 22.5. The average molecular weight is 411 g/mol. The molecule has 0 bridgehead atoms. The van der Waals surface area contributed by atoms with Gasteiger partial charge in [-0.15, -0.1) is 0 Å². The molecule has 1 N–H and O–H groups in total. The van der Waals surface area contributed by atoms with Crippen molar-refractivity contribution in [3.63, 3.8) is 0 Å². The zero-order valence-corrected chi connectivity index (χ0v) is 17.6. The highest BCUT2D eigenvalue weighted by molar-refractivity contribution is 7.86. The molecule has 2 aromatic rings. The van der Waals surface area contributed by atoms with Gasteiger partial charge in [-0.2, -0.15) is 0 Å². The highest BCUT2D eigenvalue weighted by Gasteiger charge is 2.52. The summed E-state index contributed by atoms with van der Waals surface area (Å²) in [6.45, 7) is 5.59. The molecule has 0 unspecified atom stereocenters. The first-order valence-electron chi connectivity index (χ1n) is 9.14. The van der Waals surface area contributed by atoms with Gasteiger partial charge >= 0.3 is 0 Å². The zero-order valence-electron chi connectivity index (χ0n) is 16.7. The summed E-state index contributed by atoms with van der Waals surface area (Å²) in [5.41, 5.74) is -0.550. The normalized spacial score (nSPS) is 15.7. The Morgan fingerprint density at radius 2 is 1.64 bits per heavy atom. The Balaban J connectivity index is 2.34. The van der Waals surface area contributed by atoms with Crippen LogP contribution in [0.4, 0.5) is 8.78 Å². The molecule has 2 atom stereocenters. The summed E-state index contributed by atoms with van der Waals surface area (Å²) in [7, 11) is -1.53. The topological polar surface area (TPSA) is 46.5 Å². The van der Waals surface area contributed by atoms with Crippen LogP contribution in [-0.4, -0.2) is 32.3 Å². The lowest BCUT2D eigenvalue weighted by atomic mass is 9.78. The van der Waals surface area contributed by atoms with Crippen LogP contribution in [0.2, 0.25) is 0 Å². The molecule has 28 heavy (non-hydrogen) atoms. The summed E-state index contributed by atoms with van der Waals surface area (Å²) < 4.78 is 47.4. The van der Waals surface area contributed by atoms with E-state index in [1.54, 1.807) is 45.0 Å². The number of aliphatic hydroxyl groups excluding tert-OH is 1. The predicted octanol–water partition coefficient (Wildman–Crippen LogP) is 4.70. The summed E-state index contributed by atoms with van der Waals surface area (Å²) in [6, 6.07) is 16.0. The largest absolute Gasteiger partial charge is 0.489 e. The van der Waals surface area contributed by atoms with Gasteiger partial charge in [-0.25, -0.2) is 8.78 Å². The van der Waals surface area contributed by atoms with Crippen molar-refractivity contribution in [3.8, 4) is 5.75 Å². The van der Waals surface area contributed by atoms with Gasteiger partial charge in [0.15, 0.2) is 0 Å². The summed E-state index contributed by atoms with van der Waals surface area (Å²) in [6.07, 6.45) is 0. The van der Waals surface area contributed by atoms with Crippen molar-refractivity contribution < 1.29 is 22.8 Å². The van der Waals surface area contributed by atoms with E-state index in [1.165, 1.54) is 6.92 Å². The Morgan fingerprint density at radius 1 is 1.00 bits per heavy atom. The van der Waals surface area contributed by atoms with Crippen LogP contribution >= 0.6 is 0 Å². The molecule has 0 fully saturated rings. The SMILES string of the molecule is CC(C)(C)[S@@](=O)C[C@](C)(c1cccc(OCc2ccccc2)c1)C(F)(F)CO. The van der Waals surface area contributed by atoms with E-state index in [0.717, 1.165) is 5.56 Å². The summed E-state index contributed by atoms with van der Waals surface area (Å²) in [5.74, 6) is -3.26. The van der Waals surface area contributed by atoms with Gasteiger partial charge in [0.05, 0.1) is 5.41 Å². The van der Waals surface area contributed by atoms with Crippen LogP contribution < -0.4 is 4.74 Å². The molecular formula is C22H28F2O3S. The fourth-order valence-electron chi connectivity index (χ4n) is 2.72. The minimum atomic E-state index is -3.44. The smallest absolute Gasteiger partial charge is 0.280 e. The molecule has 0 spiro atoms. The second-order valence-electron chi connectivity index (χ2n) is 8.10. The van der Waals surface area contributed by atoms with Crippen LogP contribution in [0.5, 0.6) is 5.75 Å². The average Bonchev–Trinajstić information content (AvgIpc) is 2.66. The second kappa shape index (κ2) is 8.70. The van der Waals surface area contributed by atoms with Gasteiger partial charge in [0.2, 0.25) is 0 Å². The molecule has 3 nitrogen and oxygen atoms in total. The number of alkyl halides is 2.